The maximum Gasteiger partial charge on any atom is 0.244 e. The third-order valence-corrected chi connectivity index (χ3v) is 6.28. The highest BCUT2D eigenvalue weighted by atomic mass is 35.5. The largest absolute Gasteiger partial charge is 0.481 e. The van der Waals surface area contributed by atoms with Crippen LogP contribution in [0.1, 0.15) is 0 Å². The average molecular weight is 489 g/mol. The van der Waals surface area contributed by atoms with Gasteiger partial charge in [0.1, 0.15) is 18.7 Å². The lowest BCUT2D eigenvalue weighted by molar-refractivity contribution is -0.132. The monoisotopic (exact) mass is 488 g/mol. The summed E-state index contributed by atoms with van der Waals surface area (Å²) in [7, 11) is 1.58. The molecular formula is C26H25ClN6O2. The highest BCUT2D eigenvalue weighted by Crippen LogP contribution is 2.28. The number of halogens is 1. The quantitative estimate of drug-likeness (QED) is 0.408. The second-order valence-corrected chi connectivity index (χ2v) is 8.67. The summed E-state index contributed by atoms with van der Waals surface area (Å²) < 4.78 is 6.99. The predicted octanol–water partition coefficient (Wildman–Crippen LogP) is 4.02. The van der Waals surface area contributed by atoms with E-state index < -0.39 is 0 Å². The van der Waals surface area contributed by atoms with E-state index in [1.807, 2.05) is 71.6 Å². The fourth-order valence-corrected chi connectivity index (χ4v) is 4.39. The molecule has 3 heterocycles. The zero-order chi connectivity index (χ0) is 24.2. The van der Waals surface area contributed by atoms with Crippen LogP contribution in [0.25, 0.3) is 22.5 Å². The Balaban J connectivity index is 1.33. The second kappa shape index (κ2) is 10.1. The summed E-state index contributed by atoms with van der Waals surface area (Å²) in [4.78, 5) is 25.7. The van der Waals surface area contributed by atoms with E-state index in [0.29, 0.717) is 37.1 Å². The maximum absolute atomic E-state index is 13.3. The molecule has 0 bridgehead atoms. The van der Waals surface area contributed by atoms with Crippen LogP contribution < -0.4 is 9.64 Å². The molecule has 35 heavy (non-hydrogen) atoms. The number of hydrogen-bond donors (Lipinski definition) is 0. The van der Waals surface area contributed by atoms with Crippen LogP contribution >= 0.6 is 11.6 Å². The van der Waals surface area contributed by atoms with Gasteiger partial charge >= 0.3 is 0 Å². The van der Waals surface area contributed by atoms with Gasteiger partial charge in [0.05, 0.1) is 18.5 Å². The topological polar surface area (TPSA) is 76.4 Å². The number of methoxy groups -OCH3 is 1. The van der Waals surface area contributed by atoms with E-state index in [1.165, 1.54) is 6.33 Å². The van der Waals surface area contributed by atoms with Crippen molar-refractivity contribution in [2.45, 2.75) is 6.54 Å². The number of rotatable bonds is 6. The normalized spacial score (nSPS) is 13.7. The summed E-state index contributed by atoms with van der Waals surface area (Å²) in [6.07, 6.45) is 1.49. The molecule has 9 heteroatoms. The molecule has 1 aliphatic rings. The molecule has 178 valence electrons. The van der Waals surface area contributed by atoms with Crippen molar-refractivity contribution in [1.29, 1.82) is 0 Å². The molecule has 0 radical (unpaired) electrons. The molecule has 0 unspecified atom stereocenters. The Bertz CT molecular complexity index is 1320. The minimum absolute atomic E-state index is 0.0304. The molecule has 1 aliphatic heterocycles. The number of hydrogen-bond acceptors (Lipinski definition) is 6. The van der Waals surface area contributed by atoms with Gasteiger partial charge in [-0.2, -0.15) is 5.10 Å². The summed E-state index contributed by atoms with van der Waals surface area (Å²) in [6.45, 7) is 2.74. The summed E-state index contributed by atoms with van der Waals surface area (Å²) in [6, 6.07) is 21.4. The fourth-order valence-electron chi connectivity index (χ4n) is 4.20. The van der Waals surface area contributed by atoms with E-state index in [4.69, 9.17) is 21.4 Å². The summed E-state index contributed by atoms with van der Waals surface area (Å²) >= 11 is 6.20. The van der Waals surface area contributed by atoms with Crippen LogP contribution in [0.5, 0.6) is 5.88 Å². The average Bonchev–Trinajstić information content (AvgIpc) is 3.33. The molecule has 5 rings (SSSR count). The van der Waals surface area contributed by atoms with Gasteiger partial charge in [0.2, 0.25) is 11.8 Å². The number of carbonyl (C=O) groups is 1. The van der Waals surface area contributed by atoms with Crippen LogP contribution in [-0.2, 0) is 11.3 Å². The highest BCUT2D eigenvalue weighted by molar-refractivity contribution is 6.30. The second-order valence-electron chi connectivity index (χ2n) is 8.24. The van der Waals surface area contributed by atoms with Crippen molar-refractivity contribution >= 4 is 23.3 Å². The Hall–Kier alpha value is -3.91. The highest BCUT2D eigenvalue weighted by Gasteiger charge is 2.24. The van der Waals surface area contributed by atoms with Crippen molar-refractivity contribution in [2.75, 3.05) is 38.2 Å². The Labute approximate surface area is 208 Å². The van der Waals surface area contributed by atoms with Crippen molar-refractivity contribution in [2.24, 2.45) is 0 Å². The number of benzene rings is 2. The molecule has 0 saturated carbocycles. The number of amides is 1. The Morgan fingerprint density at radius 1 is 0.943 bits per heavy atom. The van der Waals surface area contributed by atoms with Crippen molar-refractivity contribution in [1.82, 2.24) is 24.6 Å². The lowest BCUT2D eigenvalue weighted by atomic mass is 10.1. The number of anilines is 1. The van der Waals surface area contributed by atoms with Crippen LogP contribution in [0.3, 0.4) is 0 Å². The van der Waals surface area contributed by atoms with Gasteiger partial charge < -0.3 is 14.5 Å². The number of nitrogens with zero attached hydrogens (tertiary/aromatic N) is 6. The molecule has 0 aliphatic carbocycles. The van der Waals surface area contributed by atoms with Gasteiger partial charge in [-0.1, -0.05) is 54.1 Å². The Morgan fingerprint density at radius 2 is 1.71 bits per heavy atom. The first-order chi connectivity index (χ1) is 17.1. The predicted molar refractivity (Wildman–Crippen MR) is 135 cm³/mol. The van der Waals surface area contributed by atoms with Crippen molar-refractivity contribution < 1.29 is 9.53 Å². The minimum atomic E-state index is 0.0304. The number of piperazine rings is 1. The lowest BCUT2D eigenvalue weighted by Gasteiger charge is -2.35. The van der Waals surface area contributed by atoms with E-state index in [-0.39, 0.29) is 12.5 Å². The molecule has 8 nitrogen and oxygen atoms in total. The Morgan fingerprint density at radius 3 is 2.46 bits per heavy atom. The lowest BCUT2D eigenvalue weighted by Crippen LogP contribution is -2.50. The van der Waals surface area contributed by atoms with Gasteiger partial charge in [0.25, 0.3) is 0 Å². The van der Waals surface area contributed by atoms with Crippen molar-refractivity contribution in [3.8, 4) is 28.4 Å². The molecule has 0 atom stereocenters. The van der Waals surface area contributed by atoms with Gasteiger partial charge in [-0.05, 0) is 23.8 Å². The number of aromatic nitrogens is 4. The smallest absolute Gasteiger partial charge is 0.244 e. The SMILES string of the molecule is COc1cc(N2CCN(C(=O)Cn3nc(-c4cccc(Cl)c4)cc3-c3ccccc3)CC2)ncn1. The molecule has 0 spiro atoms. The standard InChI is InChI=1S/C26H25ClN6O2/c1-35-25-16-24(28-18-29-25)31-10-12-32(13-11-31)26(34)17-33-23(19-6-3-2-4-7-19)15-22(30-33)20-8-5-9-21(27)14-20/h2-9,14-16,18H,10-13,17H2,1H3. The first-order valence-electron chi connectivity index (χ1n) is 11.4. The van der Waals surface area contributed by atoms with Crippen LogP contribution in [0.2, 0.25) is 5.02 Å². The van der Waals surface area contributed by atoms with Gasteiger partial charge in [-0.25, -0.2) is 9.97 Å². The Kier molecular flexibility index (Phi) is 6.63. The molecule has 1 saturated heterocycles. The minimum Gasteiger partial charge on any atom is -0.481 e. The third kappa shape index (κ3) is 5.12. The van der Waals surface area contributed by atoms with E-state index in [2.05, 4.69) is 14.9 Å². The first kappa shape index (κ1) is 22.9. The van der Waals surface area contributed by atoms with Crippen molar-refractivity contribution in [3.63, 3.8) is 0 Å². The van der Waals surface area contributed by atoms with E-state index in [1.54, 1.807) is 11.8 Å². The van der Waals surface area contributed by atoms with Crippen LogP contribution in [-0.4, -0.2) is 63.8 Å². The molecule has 1 fully saturated rings. The molecule has 2 aromatic heterocycles. The van der Waals surface area contributed by atoms with Crippen LogP contribution in [0.15, 0.2) is 73.1 Å². The van der Waals surface area contributed by atoms with E-state index >= 15 is 0 Å². The maximum atomic E-state index is 13.3. The number of carbonyl (C=O) groups excluding carboxylic acids is 1. The molecular weight excluding hydrogens is 464 g/mol. The van der Waals surface area contributed by atoms with Crippen molar-refractivity contribution in [3.05, 3.63) is 78.1 Å². The van der Waals surface area contributed by atoms with E-state index in [9.17, 15) is 4.79 Å². The van der Waals surface area contributed by atoms with Crippen LogP contribution in [0.4, 0.5) is 5.82 Å². The zero-order valence-electron chi connectivity index (χ0n) is 19.3. The molecule has 0 N–H and O–H groups in total. The van der Waals surface area contributed by atoms with Gasteiger partial charge in [-0.15, -0.1) is 0 Å². The summed E-state index contributed by atoms with van der Waals surface area (Å²) in [5.74, 6) is 1.35. The van der Waals surface area contributed by atoms with Gasteiger partial charge in [0.15, 0.2) is 0 Å². The third-order valence-electron chi connectivity index (χ3n) is 6.05. The molecule has 2 aromatic carbocycles. The zero-order valence-corrected chi connectivity index (χ0v) is 20.1. The fraction of sp³-hybridized carbons (Fsp3) is 0.231. The summed E-state index contributed by atoms with van der Waals surface area (Å²) in [5, 5.41) is 5.43. The van der Waals surface area contributed by atoms with Gasteiger partial charge in [0, 0.05) is 42.8 Å². The molecule has 4 aromatic rings. The number of ether oxygens (including phenoxy) is 1. The van der Waals surface area contributed by atoms with Gasteiger partial charge in [-0.3, -0.25) is 9.48 Å². The van der Waals surface area contributed by atoms with Crippen LogP contribution in [0, 0.1) is 0 Å². The first-order valence-corrected chi connectivity index (χ1v) is 11.8. The molecule has 1 amide bonds. The summed E-state index contributed by atoms with van der Waals surface area (Å²) in [5.41, 5.74) is 3.58. The van der Waals surface area contributed by atoms with E-state index in [0.717, 1.165) is 28.3 Å².